The molecular formula is C17H25ClO7. The molecule has 4 fully saturated rings. The number of aliphatic hydroxyl groups excluding tert-OH is 1. The van der Waals surface area contributed by atoms with E-state index in [1.54, 1.807) is 7.11 Å². The smallest absolute Gasteiger partial charge is 0.308 e. The Kier molecular flexibility index (Phi) is 4.54. The summed E-state index contributed by atoms with van der Waals surface area (Å²) in [6.45, 7) is 1.88. The van der Waals surface area contributed by atoms with Gasteiger partial charge in [0.05, 0.1) is 24.5 Å². The minimum atomic E-state index is -0.908. The van der Waals surface area contributed by atoms with E-state index in [0.29, 0.717) is 19.3 Å². The number of rotatable bonds is 2. The van der Waals surface area contributed by atoms with E-state index in [2.05, 4.69) is 6.92 Å². The Balaban J connectivity index is 1.57. The lowest BCUT2D eigenvalue weighted by Crippen LogP contribution is -2.62. The van der Waals surface area contributed by atoms with E-state index < -0.39 is 23.1 Å². The lowest BCUT2D eigenvalue weighted by molar-refractivity contribution is -0.414. The summed E-state index contributed by atoms with van der Waals surface area (Å²) in [5.74, 6) is -1.82. The summed E-state index contributed by atoms with van der Waals surface area (Å²) < 4.78 is 29.7. The van der Waals surface area contributed by atoms with E-state index in [0.717, 1.165) is 6.42 Å². The number of methoxy groups -OCH3 is 1. The van der Waals surface area contributed by atoms with E-state index in [1.807, 2.05) is 0 Å². The Morgan fingerprint density at radius 3 is 2.80 bits per heavy atom. The van der Waals surface area contributed by atoms with Gasteiger partial charge in [-0.25, -0.2) is 0 Å². The van der Waals surface area contributed by atoms with Crippen molar-refractivity contribution in [3.8, 4) is 0 Å². The normalized spacial score (nSPS) is 52.6. The number of hydrogen-bond acceptors (Lipinski definition) is 7. The highest BCUT2D eigenvalue weighted by molar-refractivity contribution is 6.21. The first-order valence-corrected chi connectivity index (χ1v) is 9.37. The molecule has 4 aliphatic rings. The second kappa shape index (κ2) is 6.32. The number of esters is 1. The molecule has 8 heteroatoms. The Bertz CT molecular complexity index is 511. The van der Waals surface area contributed by atoms with Crippen LogP contribution in [0.4, 0.5) is 0 Å². The van der Waals surface area contributed by atoms with Crippen molar-refractivity contribution in [2.75, 3.05) is 13.7 Å². The highest BCUT2D eigenvalue weighted by Crippen LogP contribution is 2.53. The Labute approximate surface area is 151 Å². The van der Waals surface area contributed by atoms with Gasteiger partial charge in [0, 0.05) is 32.3 Å². The number of carbonyl (C=O) groups excluding carboxylic acids is 1. The molecule has 8 atom stereocenters. The average molecular weight is 377 g/mol. The van der Waals surface area contributed by atoms with Crippen molar-refractivity contribution in [2.45, 2.75) is 80.4 Å². The highest BCUT2D eigenvalue weighted by atomic mass is 35.5. The minimum absolute atomic E-state index is 0.147. The summed E-state index contributed by atoms with van der Waals surface area (Å²) in [7, 11) is 1.60. The van der Waals surface area contributed by atoms with Crippen LogP contribution >= 0.6 is 11.6 Å². The van der Waals surface area contributed by atoms with Gasteiger partial charge in [0.1, 0.15) is 18.3 Å². The molecule has 4 rings (SSSR count). The van der Waals surface area contributed by atoms with Crippen LogP contribution in [0.15, 0.2) is 0 Å². The van der Waals surface area contributed by atoms with Crippen LogP contribution in [0.25, 0.3) is 0 Å². The van der Waals surface area contributed by atoms with Crippen molar-refractivity contribution in [1.29, 1.82) is 0 Å². The van der Waals surface area contributed by atoms with Gasteiger partial charge in [-0.15, -0.1) is 11.6 Å². The highest BCUT2D eigenvalue weighted by Gasteiger charge is 2.62. The van der Waals surface area contributed by atoms with Crippen molar-refractivity contribution in [3.05, 3.63) is 0 Å². The molecule has 0 aromatic carbocycles. The summed E-state index contributed by atoms with van der Waals surface area (Å²) in [6, 6.07) is 0. The quantitative estimate of drug-likeness (QED) is 0.575. The number of fused-ring (bicyclic) bond motifs is 1. The van der Waals surface area contributed by atoms with Crippen LogP contribution in [0.3, 0.4) is 0 Å². The molecule has 4 heterocycles. The average Bonchev–Trinajstić information content (AvgIpc) is 3.07. The molecule has 0 amide bonds. The molecule has 2 spiro atoms. The molecule has 0 aromatic rings. The molecule has 4 saturated heterocycles. The number of carbonyl (C=O) groups is 1. The molecule has 0 bridgehead atoms. The first-order chi connectivity index (χ1) is 11.9. The Hall–Kier alpha value is -0.440. The minimum Gasteiger partial charge on any atom is -0.459 e. The van der Waals surface area contributed by atoms with Gasteiger partial charge in [0.25, 0.3) is 0 Å². The van der Waals surface area contributed by atoms with Crippen molar-refractivity contribution >= 4 is 17.6 Å². The van der Waals surface area contributed by atoms with Gasteiger partial charge < -0.3 is 28.8 Å². The Morgan fingerprint density at radius 1 is 1.32 bits per heavy atom. The number of hydrogen-bond donors (Lipinski definition) is 1. The summed E-state index contributed by atoms with van der Waals surface area (Å²) >= 11 is 6.37. The van der Waals surface area contributed by atoms with E-state index in [9.17, 15) is 9.90 Å². The lowest BCUT2D eigenvalue weighted by atomic mass is 9.83. The fourth-order valence-corrected chi connectivity index (χ4v) is 4.92. The van der Waals surface area contributed by atoms with Gasteiger partial charge in [0.15, 0.2) is 11.6 Å². The van der Waals surface area contributed by atoms with Crippen LogP contribution < -0.4 is 0 Å². The number of halogens is 1. The van der Waals surface area contributed by atoms with Crippen LogP contribution in [-0.4, -0.2) is 66.2 Å². The van der Waals surface area contributed by atoms with Gasteiger partial charge in [-0.2, -0.15) is 0 Å². The monoisotopic (exact) mass is 376 g/mol. The van der Waals surface area contributed by atoms with E-state index in [-0.39, 0.29) is 43.2 Å². The maximum atomic E-state index is 11.5. The second-order valence-electron chi connectivity index (χ2n) is 7.62. The van der Waals surface area contributed by atoms with Crippen LogP contribution in [-0.2, 0) is 28.5 Å². The zero-order valence-electron chi connectivity index (χ0n) is 14.5. The first kappa shape index (κ1) is 17.9. The Morgan fingerprint density at radius 2 is 2.12 bits per heavy atom. The molecule has 142 valence electrons. The zero-order valence-corrected chi connectivity index (χ0v) is 15.2. The van der Waals surface area contributed by atoms with Crippen LogP contribution in [0.2, 0.25) is 0 Å². The molecule has 0 unspecified atom stereocenters. The van der Waals surface area contributed by atoms with Crippen LogP contribution in [0.5, 0.6) is 0 Å². The fourth-order valence-electron chi connectivity index (χ4n) is 4.60. The number of ether oxygens (including phenoxy) is 5. The summed E-state index contributed by atoms with van der Waals surface area (Å²) in [5, 5.41) is 9.21. The number of aliphatic hydroxyl groups is 1. The zero-order chi connectivity index (χ0) is 17.8. The first-order valence-electron chi connectivity index (χ1n) is 8.93. The SMILES string of the molecule is CO[C@@H]1C[C@@]2(CC[C@H](C)[C@@]3(C[C@@H]4OC(=O)C[C@@H]4O3)O2)O[C@H](CO)[C@H]1Cl. The standard InChI is InChI=1S/C17H25ClO7/c1-9-3-4-16(6-12(21-2)15(18)13(8-19)23-16)25-17(9)7-11-10(24-17)5-14(20)22-11/h9-13,15,19H,3-8H2,1-2H3/t9-,10-,11-,12+,13+,15-,16-,17+/m0/s1. The van der Waals surface area contributed by atoms with Gasteiger partial charge in [-0.1, -0.05) is 6.92 Å². The maximum Gasteiger partial charge on any atom is 0.308 e. The predicted molar refractivity (Wildman–Crippen MR) is 85.9 cm³/mol. The third kappa shape index (κ3) is 2.89. The summed E-state index contributed by atoms with van der Waals surface area (Å²) in [6.07, 6.45) is 1.38. The molecule has 4 aliphatic heterocycles. The maximum absolute atomic E-state index is 11.5. The second-order valence-corrected chi connectivity index (χ2v) is 8.12. The predicted octanol–water partition coefficient (Wildman–Crippen LogP) is 1.33. The van der Waals surface area contributed by atoms with Crippen molar-refractivity contribution in [2.24, 2.45) is 5.92 Å². The summed E-state index contributed by atoms with van der Waals surface area (Å²) in [4.78, 5) is 11.5. The third-order valence-electron chi connectivity index (χ3n) is 6.04. The van der Waals surface area contributed by atoms with Gasteiger partial charge >= 0.3 is 5.97 Å². The summed E-state index contributed by atoms with van der Waals surface area (Å²) in [5.41, 5.74) is 0. The topological polar surface area (TPSA) is 83.5 Å². The molecule has 0 radical (unpaired) electrons. The van der Waals surface area contributed by atoms with Crippen LogP contribution in [0.1, 0.15) is 39.0 Å². The van der Waals surface area contributed by atoms with Crippen molar-refractivity contribution in [3.63, 3.8) is 0 Å². The fraction of sp³-hybridized carbons (Fsp3) is 0.941. The largest absolute Gasteiger partial charge is 0.459 e. The molecule has 7 nitrogen and oxygen atoms in total. The van der Waals surface area contributed by atoms with Crippen molar-refractivity contribution < 1.29 is 33.6 Å². The lowest BCUT2D eigenvalue weighted by Gasteiger charge is -2.53. The van der Waals surface area contributed by atoms with Crippen LogP contribution in [0, 0.1) is 5.92 Å². The molecule has 0 saturated carbocycles. The van der Waals surface area contributed by atoms with E-state index in [1.165, 1.54) is 0 Å². The van der Waals surface area contributed by atoms with Crippen molar-refractivity contribution in [1.82, 2.24) is 0 Å². The molecule has 1 N–H and O–H groups in total. The molecule has 25 heavy (non-hydrogen) atoms. The van der Waals surface area contributed by atoms with E-state index in [4.69, 9.17) is 35.3 Å². The van der Waals surface area contributed by atoms with Gasteiger partial charge in [0.2, 0.25) is 0 Å². The molecular weight excluding hydrogens is 352 g/mol. The molecule has 0 aromatic heterocycles. The number of alkyl halides is 1. The molecule has 0 aliphatic carbocycles. The third-order valence-corrected chi connectivity index (χ3v) is 6.60. The van der Waals surface area contributed by atoms with Gasteiger partial charge in [-0.05, 0) is 6.42 Å². The van der Waals surface area contributed by atoms with E-state index >= 15 is 0 Å². The van der Waals surface area contributed by atoms with Gasteiger partial charge in [-0.3, -0.25) is 4.79 Å².